The smallest absolute Gasteiger partial charge is 0.206 e. The van der Waals surface area contributed by atoms with Gasteiger partial charge in [-0.25, -0.2) is 0 Å². The van der Waals surface area contributed by atoms with Crippen molar-refractivity contribution in [2.24, 2.45) is 17.3 Å². The first-order valence-electron chi connectivity index (χ1n) is 8.73. The molecule has 3 heteroatoms. The van der Waals surface area contributed by atoms with Crippen molar-refractivity contribution in [1.29, 1.82) is 0 Å². The van der Waals surface area contributed by atoms with Crippen LogP contribution in [0.1, 0.15) is 53.4 Å². The number of carbonyl (C=O) groups excluding carboxylic acids is 1. The molecule has 0 radical (unpaired) electrons. The fraction of sp³-hybridized carbons (Fsp3) is 0.650. The van der Waals surface area contributed by atoms with Gasteiger partial charge in [-0.05, 0) is 51.0 Å². The van der Waals surface area contributed by atoms with Gasteiger partial charge in [-0.3, -0.25) is 4.79 Å². The lowest BCUT2D eigenvalue weighted by Crippen LogP contribution is -2.45. The Morgan fingerprint density at radius 1 is 1.43 bits per heavy atom. The zero-order valence-corrected chi connectivity index (χ0v) is 14.5. The molecule has 1 saturated carbocycles. The average molecular weight is 314 g/mol. The Hall–Kier alpha value is -1.35. The summed E-state index contributed by atoms with van der Waals surface area (Å²) >= 11 is 0. The largest absolute Gasteiger partial charge is 0.504 e. The number of ketones is 1. The number of Topliss-reactive ketones (excluding diaryl/α,β-unsaturated/α-hetero) is 1. The van der Waals surface area contributed by atoms with E-state index in [0.717, 1.165) is 24.0 Å². The van der Waals surface area contributed by atoms with Crippen LogP contribution in [0, 0.1) is 17.3 Å². The lowest BCUT2D eigenvalue weighted by molar-refractivity contribution is -0.132. The first-order valence-corrected chi connectivity index (χ1v) is 8.73. The molecule has 0 unspecified atom stereocenters. The Morgan fingerprint density at radius 3 is 2.78 bits per heavy atom. The molecule has 4 atom stereocenters. The van der Waals surface area contributed by atoms with E-state index in [-0.39, 0.29) is 17.5 Å². The van der Waals surface area contributed by atoms with Gasteiger partial charge >= 0.3 is 0 Å². The van der Waals surface area contributed by atoms with Crippen molar-refractivity contribution < 1.29 is 14.6 Å². The summed E-state index contributed by atoms with van der Waals surface area (Å²) in [5.74, 6) is 0.214. The summed E-state index contributed by atoms with van der Waals surface area (Å²) in [6, 6.07) is 0. The van der Waals surface area contributed by atoms with E-state index in [0.29, 0.717) is 18.8 Å². The number of ether oxygens (including phenoxy) is 1. The molecule has 0 aromatic heterocycles. The van der Waals surface area contributed by atoms with Crippen LogP contribution < -0.4 is 0 Å². The van der Waals surface area contributed by atoms with Crippen molar-refractivity contribution >= 4 is 5.78 Å². The SMILES string of the molecule is C=C1CC[C@H]2C(C)=CC[C@@]34O[C@@]12C[C@]3(C)C(=O)C(O)=C4C(C)C. The van der Waals surface area contributed by atoms with Gasteiger partial charge in [-0.1, -0.05) is 32.1 Å². The van der Waals surface area contributed by atoms with E-state index in [1.165, 1.54) is 5.57 Å². The quantitative estimate of drug-likeness (QED) is 0.736. The van der Waals surface area contributed by atoms with Crippen LogP contribution in [0.15, 0.2) is 35.1 Å². The summed E-state index contributed by atoms with van der Waals surface area (Å²) in [6.07, 6.45) is 5.58. The number of hydrogen-bond acceptors (Lipinski definition) is 3. The van der Waals surface area contributed by atoms with Gasteiger partial charge in [0.25, 0.3) is 0 Å². The molecule has 124 valence electrons. The summed E-state index contributed by atoms with van der Waals surface area (Å²) < 4.78 is 6.86. The van der Waals surface area contributed by atoms with Crippen LogP contribution in [-0.4, -0.2) is 22.1 Å². The van der Waals surface area contributed by atoms with E-state index in [9.17, 15) is 9.90 Å². The highest BCUT2D eigenvalue weighted by Crippen LogP contribution is 2.69. The molecule has 2 fully saturated rings. The molecule has 2 bridgehead atoms. The Labute approximate surface area is 138 Å². The predicted molar refractivity (Wildman–Crippen MR) is 89.0 cm³/mol. The zero-order valence-electron chi connectivity index (χ0n) is 14.5. The molecule has 0 aromatic carbocycles. The molecule has 3 nitrogen and oxygen atoms in total. The van der Waals surface area contributed by atoms with E-state index >= 15 is 0 Å². The molecule has 23 heavy (non-hydrogen) atoms. The second kappa shape index (κ2) is 4.18. The Bertz CT molecular complexity index is 698. The van der Waals surface area contributed by atoms with Gasteiger partial charge in [0, 0.05) is 11.5 Å². The molecule has 1 N–H and O–H groups in total. The number of hydrogen-bond donors (Lipinski definition) is 1. The monoisotopic (exact) mass is 314 g/mol. The van der Waals surface area contributed by atoms with Gasteiger partial charge in [0.2, 0.25) is 5.78 Å². The first kappa shape index (κ1) is 15.2. The van der Waals surface area contributed by atoms with E-state index in [4.69, 9.17) is 4.74 Å². The number of allylic oxidation sites excluding steroid dienone is 1. The van der Waals surface area contributed by atoms with Crippen molar-refractivity contribution in [3.8, 4) is 0 Å². The summed E-state index contributed by atoms with van der Waals surface area (Å²) in [5.41, 5.74) is 1.46. The average Bonchev–Trinajstić information content (AvgIpc) is 2.93. The second-order valence-corrected chi connectivity index (χ2v) is 8.42. The first-order chi connectivity index (χ1) is 10.7. The van der Waals surface area contributed by atoms with Crippen molar-refractivity contribution in [3.63, 3.8) is 0 Å². The Balaban J connectivity index is 2.00. The van der Waals surface area contributed by atoms with E-state index in [1.807, 2.05) is 20.8 Å². The molecule has 2 spiro atoms. The van der Waals surface area contributed by atoms with Gasteiger partial charge in [0.1, 0.15) is 5.60 Å². The molecule has 0 amide bonds. The maximum Gasteiger partial charge on any atom is 0.206 e. The molecule has 4 rings (SSSR count). The van der Waals surface area contributed by atoms with E-state index in [1.54, 1.807) is 0 Å². The van der Waals surface area contributed by atoms with Crippen LogP contribution in [0.25, 0.3) is 0 Å². The highest BCUT2D eigenvalue weighted by molar-refractivity contribution is 6.04. The van der Waals surface area contributed by atoms with Gasteiger partial charge < -0.3 is 9.84 Å². The Kier molecular flexibility index (Phi) is 2.76. The molecule has 2 aliphatic carbocycles. The molecule has 4 aliphatic rings. The second-order valence-electron chi connectivity index (χ2n) is 8.42. The number of aliphatic hydroxyl groups excluding tert-OH is 1. The molecule has 2 heterocycles. The highest BCUT2D eigenvalue weighted by Gasteiger charge is 2.74. The van der Waals surface area contributed by atoms with Gasteiger partial charge in [-0.2, -0.15) is 0 Å². The van der Waals surface area contributed by atoms with Crippen molar-refractivity contribution in [2.45, 2.75) is 64.6 Å². The van der Waals surface area contributed by atoms with Crippen molar-refractivity contribution in [1.82, 2.24) is 0 Å². The molecular weight excluding hydrogens is 288 g/mol. The maximum absolute atomic E-state index is 13.0. The lowest BCUT2D eigenvalue weighted by Gasteiger charge is -2.38. The zero-order chi connectivity index (χ0) is 16.8. The van der Waals surface area contributed by atoms with Crippen molar-refractivity contribution in [2.75, 3.05) is 0 Å². The van der Waals surface area contributed by atoms with Crippen LogP contribution in [0.3, 0.4) is 0 Å². The van der Waals surface area contributed by atoms with Crippen LogP contribution in [-0.2, 0) is 9.53 Å². The van der Waals surface area contributed by atoms with E-state index < -0.39 is 16.6 Å². The minimum atomic E-state index is -0.703. The third kappa shape index (κ3) is 1.44. The molecule has 0 aromatic rings. The minimum Gasteiger partial charge on any atom is -0.504 e. The van der Waals surface area contributed by atoms with Crippen molar-refractivity contribution in [3.05, 3.63) is 35.1 Å². The van der Waals surface area contributed by atoms with Gasteiger partial charge in [0.05, 0.1) is 11.0 Å². The van der Waals surface area contributed by atoms with Gasteiger partial charge in [-0.15, -0.1) is 0 Å². The molecular formula is C20H26O3. The standard InChI is InChI=1S/C20H26O3/c1-11(2)15-16(21)17(22)18(5)10-19-13(4)6-7-14(19)12(3)8-9-20(15,18)23-19/h8,11,14,21H,4,6-7,9-10H2,1-3,5H3/t14-,18+,19-,20-/m0/s1. The fourth-order valence-electron chi connectivity index (χ4n) is 5.88. The highest BCUT2D eigenvalue weighted by atomic mass is 16.5. The molecule has 1 saturated heterocycles. The maximum atomic E-state index is 13.0. The van der Waals surface area contributed by atoms with Crippen LogP contribution in [0.5, 0.6) is 0 Å². The van der Waals surface area contributed by atoms with Crippen LogP contribution in [0.4, 0.5) is 0 Å². The summed E-state index contributed by atoms with van der Waals surface area (Å²) in [6.45, 7) is 12.6. The summed E-state index contributed by atoms with van der Waals surface area (Å²) in [5, 5.41) is 10.6. The lowest BCUT2D eigenvalue weighted by atomic mass is 9.64. The molecule has 2 aliphatic heterocycles. The van der Waals surface area contributed by atoms with Crippen LogP contribution >= 0.6 is 0 Å². The topological polar surface area (TPSA) is 46.5 Å². The third-order valence-corrected chi connectivity index (χ3v) is 7.00. The van der Waals surface area contributed by atoms with Crippen LogP contribution in [0.2, 0.25) is 0 Å². The summed E-state index contributed by atoms with van der Waals surface area (Å²) in [4.78, 5) is 13.0. The van der Waals surface area contributed by atoms with E-state index in [2.05, 4.69) is 19.6 Å². The minimum absolute atomic E-state index is 0.0505. The number of rotatable bonds is 1. The predicted octanol–water partition coefficient (Wildman–Crippen LogP) is 4.26. The Morgan fingerprint density at radius 2 is 2.13 bits per heavy atom. The number of aliphatic hydroxyl groups is 1. The normalized spacial score (nSPS) is 45.4. The fourth-order valence-corrected chi connectivity index (χ4v) is 5.88. The summed E-state index contributed by atoms with van der Waals surface area (Å²) in [7, 11) is 0. The third-order valence-electron chi connectivity index (χ3n) is 7.00. The number of carbonyl (C=O) groups is 1. The van der Waals surface area contributed by atoms with Gasteiger partial charge in [0.15, 0.2) is 5.76 Å².